The number of aryl methyl sites for hydroxylation is 1. The van der Waals surface area contributed by atoms with E-state index in [0.717, 1.165) is 25.9 Å². The molecule has 5 nitrogen and oxygen atoms in total. The summed E-state index contributed by atoms with van der Waals surface area (Å²) in [4.78, 5) is 18.5. The summed E-state index contributed by atoms with van der Waals surface area (Å²) in [5, 5.41) is 0. The molecule has 5 heteroatoms. The molecule has 3 atom stereocenters. The van der Waals surface area contributed by atoms with Crippen LogP contribution in [-0.4, -0.2) is 28.7 Å². The van der Waals surface area contributed by atoms with E-state index >= 15 is 0 Å². The lowest BCUT2D eigenvalue weighted by atomic mass is 9.79. The second-order valence-electron chi connectivity index (χ2n) is 5.67. The standard InChI is InChI=1S/C13H20N4O/c1-16-5-4-15-12(13(16)18)17-7-9-2-3-11(14)6-10(9)8-17/h4-5,9-11H,2-3,6-8,14H2,1H3/t9-,10+,11?/m1/s1. The van der Waals surface area contributed by atoms with Crippen LogP contribution >= 0.6 is 0 Å². The van der Waals surface area contributed by atoms with E-state index in [4.69, 9.17) is 5.73 Å². The van der Waals surface area contributed by atoms with E-state index in [1.807, 2.05) is 0 Å². The predicted octanol–water partition coefficient (Wildman–Crippen LogP) is 0.344. The van der Waals surface area contributed by atoms with Gasteiger partial charge in [-0.25, -0.2) is 4.98 Å². The lowest BCUT2D eigenvalue weighted by Gasteiger charge is -2.27. The van der Waals surface area contributed by atoms with E-state index in [2.05, 4.69) is 9.88 Å². The normalized spacial score (nSPS) is 31.4. The SMILES string of the molecule is Cn1ccnc(N2C[C@H]3CCC(N)C[C@H]3C2)c1=O. The quantitative estimate of drug-likeness (QED) is 0.778. The molecule has 1 aromatic rings. The summed E-state index contributed by atoms with van der Waals surface area (Å²) < 4.78 is 1.59. The molecular formula is C13H20N4O. The topological polar surface area (TPSA) is 64.2 Å². The van der Waals surface area contributed by atoms with Gasteiger partial charge >= 0.3 is 0 Å². The fourth-order valence-corrected chi connectivity index (χ4v) is 3.34. The number of aromatic nitrogens is 2. The highest BCUT2D eigenvalue weighted by Gasteiger charge is 2.37. The van der Waals surface area contributed by atoms with Crippen LogP contribution in [0.4, 0.5) is 5.82 Å². The average Bonchev–Trinajstić information content (AvgIpc) is 2.75. The Hall–Kier alpha value is -1.36. The molecular weight excluding hydrogens is 228 g/mol. The Labute approximate surface area is 107 Å². The molecule has 1 aliphatic heterocycles. The molecule has 0 amide bonds. The maximum atomic E-state index is 12.1. The smallest absolute Gasteiger partial charge is 0.293 e. The predicted molar refractivity (Wildman–Crippen MR) is 70.5 cm³/mol. The Morgan fingerprint density at radius 1 is 1.33 bits per heavy atom. The van der Waals surface area contributed by atoms with Crippen molar-refractivity contribution in [1.29, 1.82) is 0 Å². The van der Waals surface area contributed by atoms with E-state index in [-0.39, 0.29) is 5.56 Å². The van der Waals surface area contributed by atoms with E-state index in [9.17, 15) is 4.79 Å². The maximum absolute atomic E-state index is 12.1. The summed E-state index contributed by atoms with van der Waals surface area (Å²) in [7, 11) is 1.77. The van der Waals surface area contributed by atoms with Crippen LogP contribution in [-0.2, 0) is 7.05 Å². The molecule has 1 saturated heterocycles. The van der Waals surface area contributed by atoms with Crippen molar-refractivity contribution in [3.05, 3.63) is 22.7 Å². The summed E-state index contributed by atoms with van der Waals surface area (Å²) in [5.41, 5.74) is 6.03. The molecule has 18 heavy (non-hydrogen) atoms. The Bertz CT molecular complexity index is 498. The first-order chi connectivity index (χ1) is 8.65. The van der Waals surface area contributed by atoms with Crippen LogP contribution in [0.3, 0.4) is 0 Å². The summed E-state index contributed by atoms with van der Waals surface area (Å²) in [5.74, 6) is 1.93. The van der Waals surface area contributed by atoms with Crippen molar-refractivity contribution in [2.45, 2.75) is 25.3 Å². The summed E-state index contributed by atoms with van der Waals surface area (Å²) in [6, 6.07) is 0.345. The van der Waals surface area contributed by atoms with Crippen LogP contribution in [0.1, 0.15) is 19.3 Å². The molecule has 0 radical (unpaired) electrons. The van der Waals surface area contributed by atoms with E-state index in [1.54, 1.807) is 24.0 Å². The number of nitrogens with zero attached hydrogens (tertiary/aromatic N) is 3. The number of fused-ring (bicyclic) bond motifs is 1. The summed E-state index contributed by atoms with van der Waals surface area (Å²) in [6.07, 6.45) is 6.80. The summed E-state index contributed by atoms with van der Waals surface area (Å²) >= 11 is 0. The first-order valence-electron chi connectivity index (χ1n) is 6.67. The molecule has 2 fully saturated rings. The van der Waals surface area contributed by atoms with E-state index in [1.165, 1.54) is 6.42 Å². The molecule has 0 spiro atoms. The highest BCUT2D eigenvalue weighted by atomic mass is 16.1. The zero-order chi connectivity index (χ0) is 12.7. The summed E-state index contributed by atoms with van der Waals surface area (Å²) in [6.45, 7) is 1.90. The lowest BCUT2D eigenvalue weighted by Crippen LogP contribution is -2.32. The van der Waals surface area contributed by atoms with Gasteiger partial charge in [0.1, 0.15) is 0 Å². The number of nitrogens with two attached hydrogens (primary N) is 1. The minimum Gasteiger partial charge on any atom is -0.351 e. The number of hydrogen-bond donors (Lipinski definition) is 1. The van der Waals surface area contributed by atoms with Gasteiger partial charge < -0.3 is 15.2 Å². The first kappa shape index (κ1) is 11.7. The largest absolute Gasteiger partial charge is 0.351 e. The molecule has 2 heterocycles. The molecule has 1 aliphatic carbocycles. The van der Waals surface area contributed by atoms with Crippen LogP contribution in [0.25, 0.3) is 0 Å². The second kappa shape index (κ2) is 4.39. The van der Waals surface area contributed by atoms with Crippen LogP contribution in [0, 0.1) is 11.8 Å². The van der Waals surface area contributed by atoms with Gasteiger partial charge in [0.15, 0.2) is 5.82 Å². The highest BCUT2D eigenvalue weighted by Crippen LogP contribution is 2.36. The molecule has 3 rings (SSSR count). The van der Waals surface area contributed by atoms with Gasteiger partial charge in [-0.05, 0) is 31.1 Å². The van der Waals surface area contributed by atoms with Gasteiger partial charge in [0, 0.05) is 38.6 Å². The molecule has 1 saturated carbocycles. The number of rotatable bonds is 1. The van der Waals surface area contributed by atoms with Crippen LogP contribution in [0.5, 0.6) is 0 Å². The zero-order valence-electron chi connectivity index (χ0n) is 10.7. The van der Waals surface area contributed by atoms with Gasteiger partial charge in [0.25, 0.3) is 5.56 Å². The average molecular weight is 248 g/mol. The third kappa shape index (κ3) is 1.92. The van der Waals surface area contributed by atoms with E-state index < -0.39 is 0 Å². The van der Waals surface area contributed by atoms with Gasteiger partial charge in [0.05, 0.1) is 0 Å². The molecule has 1 unspecified atom stereocenters. The van der Waals surface area contributed by atoms with Gasteiger partial charge in [-0.2, -0.15) is 0 Å². The van der Waals surface area contributed by atoms with Crippen LogP contribution < -0.4 is 16.2 Å². The fraction of sp³-hybridized carbons (Fsp3) is 0.692. The molecule has 2 N–H and O–H groups in total. The second-order valence-corrected chi connectivity index (χ2v) is 5.67. The lowest BCUT2D eigenvalue weighted by molar-refractivity contribution is 0.271. The van der Waals surface area contributed by atoms with Crippen molar-refractivity contribution in [3.63, 3.8) is 0 Å². The molecule has 98 valence electrons. The number of anilines is 1. The number of hydrogen-bond acceptors (Lipinski definition) is 4. The molecule has 1 aromatic heterocycles. The third-order valence-electron chi connectivity index (χ3n) is 4.39. The highest BCUT2D eigenvalue weighted by molar-refractivity contribution is 5.37. The Kier molecular flexibility index (Phi) is 2.86. The van der Waals surface area contributed by atoms with Crippen molar-refractivity contribution in [3.8, 4) is 0 Å². The van der Waals surface area contributed by atoms with Crippen molar-refractivity contribution in [2.24, 2.45) is 24.6 Å². The van der Waals surface area contributed by atoms with Gasteiger partial charge in [-0.3, -0.25) is 4.79 Å². The van der Waals surface area contributed by atoms with Crippen molar-refractivity contribution in [2.75, 3.05) is 18.0 Å². The Balaban J connectivity index is 1.83. The zero-order valence-corrected chi connectivity index (χ0v) is 10.7. The maximum Gasteiger partial charge on any atom is 0.293 e. The first-order valence-corrected chi connectivity index (χ1v) is 6.67. The molecule has 2 aliphatic rings. The van der Waals surface area contributed by atoms with E-state index in [0.29, 0.717) is 23.7 Å². The minimum absolute atomic E-state index is 0.000412. The Morgan fingerprint density at radius 3 is 2.94 bits per heavy atom. The van der Waals surface area contributed by atoms with Crippen LogP contribution in [0.15, 0.2) is 17.2 Å². The molecule has 0 bridgehead atoms. The van der Waals surface area contributed by atoms with Gasteiger partial charge in [0.2, 0.25) is 0 Å². The Morgan fingerprint density at radius 2 is 2.11 bits per heavy atom. The third-order valence-corrected chi connectivity index (χ3v) is 4.39. The van der Waals surface area contributed by atoms with Crippen molar-refractivity contribution in [1.82, 2.24) is 9.55 Å². The van der Waals surface area contributed by atoms with Crippen LogP contribution in [0.2, 0.25) is 0 Å². The minimum atomic E-state index is 0.000412. The molecule has 0 aromatic carbocycles. The van der Waals surface area contributed by atoms with Gasteiger partial charge in [-0.1, -0.05) is 0 Å². The van der Waals surface area contributed by atoms with Crippen molar-refractivity contribution >= 4 is 5.82 Å². The monoisotopic (exact) mass is 248 g/mol. The van der Waals surface area contributed by atoms with Gasteiger partial charge in [-0.15, -0.1) is 0 Å². The fourth-order valence-electron chi connectivity index (χ4n) is 3.34. The van der Waals surface area contributed by atoms with Crippen molar-refractivity contribution < 1.29 is 0 Å².